The average molecular weight is 394 g/mol. The number of benzene rings is 2. The second-order valence-electron chi connectivity index (χ2n) is 4.35. The van der Waals surface area contributed by atoms with Gasteiger partial charge in [0.1, 0.15) is 0 Å². The van der Waals surface area contributed by atoms with Crippen LogP contribution in [0.4, 0.5) is 5.69 Å². The van der Waals surface area contributed by atoms with Crippen molar-refractivity contribution in [2.24, 2.45) is 0 Å². The molecule has 2 aromatic carbocycles. The second-order valence-corrected chi connectivity index (χ2v) is 6.75. The Morgan fingerprint density at radius 2 is 2.05 bits per heavy atom. The van der Waals surface area contributed by atoms with E-state index in [2.05, 4.69) is 32.9 Å². The van der Waals surface area contributed by atoms with Crippen molar-refractivity contribution in [2.45, 2.75) is 6.92 Å². The largest absolute Gasteiger partial charge is 0.322 e. The van der Waals surface area contributed by atoms with Crippen LogP contribution in [0.3, 0.4) is 0 Å². The lowest BCUT2D eigenvalue weighted by atomic mass is 10.2. The van der Waals surface area contributed by atoms with Crippen molar-refractivity contribution < 1.29 is 4.79 Å². The summed E-state index contributed by atoms with van der Waals surface area (Å²) in [6.07, 6.45) is 0. The molecule has 3 nitrogen and oxygen atoms in total. The van der Waals surface area contributed by atoms with E-state index >= 15 is 0 Å². The number of carbonyl (C=O) groups is 1. The molecule has 0 fully saturated rings. The summed E-state index contributed by atoms with van der Waals surface area (Å²) in [5, 5.41) is 3.96. The Morgan fingerprint density at radius 1 is 1.25 bits per heavy atom. The fourth-order valence-electron chi connectivity index (χ4n) is 1.96. The quantitative estimate of drug-likeness (QED) is 0.652. The molecule has 0 aliphatic carbocycles. The number of nitrogens with zero attached hydrogens (tertiary/aromatic N) is 1. The predicted octanol–water partition coefficient (Wildman–Crippen LogP) is 4.46. The van der Waals surface area contributed by atoms with Crippen LogP contribution in [-0.4, -0.2) is 10.9 Å². The number of aryl methyl sites for hydroxylation is 1. The average Bonchev–Trinajstić information content (AvgIpc) is 2.78. The molecule has 0 bridgehead atoms. The molecule has 0 saturated heterocycles. The summed E-state index contributed by atoms with van der Waals surface area (Å²) in [6.45, 7) is 1.98. The summed E-state index contributed by atoms with van der Waals surface area (Å²) in [5.74, 6) is -0.0874. The van der Waals surface area contributed by atoms with E-state index < -0.39 is 0 Å². The molecular formula is C15H11IN2OS. The van der Waals surface area contributed by atoms with Gasteiger partial charge in [0.2, 0.25) is 0 Å². The van der Waals surface area contributed by atoms with Gasteiger partial charge in [0.15, 0.2) is 0 Å². The molecular weight excluding hydrogens is 383 g/mol. The highest BCUT2D eigenvalue weighted by molar-refractivity contribution is 14.1. The molecule has 100 valence electrons. The van der Waals surface area contributed by atoms with Crippen LogP contribution < -0.4 is 5.32 Å². The molecule has 1 N–H and O–H groups in total. The summed E-state index contributed by atoms with van der Waals surface area (Å²) >= 11 is 3.80. The van der Waals surface area contributed by atoms with Crippen LogP contribution in [0.1, 0.15) is 15.4 Å². The summed E-state index contributed by atoms with van der Waals surface area (Å²) in [5.41, 5.74) is 2.46. The Labute approximate surface area is 134 Å². The van der Waals surface area contributed by atoms with Gasteiger partial charge in [-0.05, 0) is 59.8 Å². The molecule has 1 aromatic heterocycles. The number of rotatable bonds is 2. The summed E-state index contributed by atoms with van der Waals surface area (Å²) < 4.78 is 2.03. The molecule has 5 heteroatoms. The maximum atomic E-state index is 12.2. The van der Waals surface area contributed by atoms with Crippen molar-refractivity contribution in [3.8, 4) is 0 Å². The Bertz CT molecular complexity index is 797. The summed E-state index contributed by atoms with van der Waals surface area (Å²) in [4.78, 5) is 16.7. The van der Waals surface area contributed by atoms with Crippen LogP contribution in [-0.2, 0) is 0 Å². The first-order valence-electron chi connectivity index (χ1n) is 6.06. The van der Waals surface area contributed by atoms with Gasteiger partial charge in [0.05, 0.1) is 20.8 Å². The molecule has 3 rings (SSSR count). The predicted molar refractivity (Wildman–Crippen MR) is 91.5 cm³/mol. The molecule has 3 aromatic rings. The van der Waals surface area contributed by atoms with Crippen LogP contribution in [0, 0.1) is 10.5 Å². The Hall–Kier alpha value is -1.47. The standard InChI is InChI=1S/C15H11IN2OS/c1-9-17-13-7-6-10(8-14(13)20-9)18-15(19)11-4-2-3-5-12(11)16/h2-8H,1H3,(H,18,19). The third-order valence-corrected chi connectivity index (χ3v) is 4.75. The molecule has 0 spiro atoms. The number of nitrogens with one attached hydrogen (secondary N) is 1. The first-order valence-corrected chi connectivity index (χ1v) is 7.96. The molecule has 0 aliphatic rings. The molecule has 0 saturated carbocycles. The number of fused-ring (bicyclic) bond motifs is 1. The van der Waals surface area contributed by atoms with Crippen molar-refractivity contribution in [3.05, 3.63) is 56.6 Å². The van der Waals surface area contributed by atoms with Gasteiger partial charge in [-0.1, -0.05) is 12.1 Å². The number of carbonyl (C=O) groups excluding carboxylic acids is 1. The molecule has 0 radical (unpaired) electrons. The Kier molecular flexibility index (Phi) is 3.71. The monoisotopic (exact) mass is 394 g/mol. The van der Waals surface area contributed by atoms with Crippen LogP contribution in [0.5, 0.6) is 0 Å². The minimum absolute atomic E-state index is 0.0874. The van der Waals surface area contributed by atoms with E-state index in [1.54, 1.807) is 11.3 Å². The molecule has 1 heterocycles. The number of aromatic nitrogens is 1. The topological polar surface area (TPSA) is 42.0 Å². The van der Waals surface area contributed by atoms with Gasteiger partial charge in [-0.15, -0.1) is 11.3 Å². The van der Waals surface area contributed by atoms with Crippen molar-refractivity contribution in [1.29, 1.82) is 0 Å². The van der Waals surface area contributed by atoms with E-state index in [0.29, 0.717) is 5.56 Å². The second kappa shape index (κ2) is 5.49. The van der Waals surface area contributed by atoms with Gasteiger partial charge in [-0.25, -0.2) is 4.98 Å². The van der Waals surface area contributed by atoms with E-state index in [1.807, 2.05) is 49.4 Å². The number of amides is 1. The van der Waals surface area contributed by atoms with Gasteiger partial charge in [-0.2, -0.15) is 0 Å². The van der Waals surface area contributed by atoms with Crippen LogP contribution in [0.2, 0.25) is 0 Å². The normalized spacial score (nSPS) is 10.7. The van der Waals surface area contributed by atoms with Gasteiger partial charge < -0.3 is 5.32 Å². The first-order chi connectivity index (χ1) is 9.63. The molecule has 20 heavy (non-hydrogen) atoms. The molecule has 0 aliphatic heterocycles. The Balaban J connectivity index is 1.89. The highest BCUT2D eigenvalue weighted by Gasteiger charge is 2.10. The minimum atomic E-state index is -0.0874. The van der Waals surface area contributed by atoms with Gasteiger partial charge in [0.25, 0.3) is 5.91 Å². The number of halogens is 1. The summed E-state index contributed by atoms with van der Waals surface area (Å²) in [6, 6.07) is 13.3. The van der Waals surface area contributed by atoms with E-state index in [4.69, 9.17) is 0 Å². The number of hydrogen-bond donors (Lipinski definition) is 1. The van der Waals surface area contributed by atoms with Crippen LogP contribution in [0.25, 0.3) is 10.2 Å². The number of hydrogen-bond acceptors (Lipinski definition) is 3. The Morgan fingerprint density at radius 3 is 2.85 bits per heavy atom. The highest BCUT2D eigenvalue weighted by atomic mass is 127. The molecule has 1 amide bonds. The SMILES string of the molecule is Cc1nc2ccc(NC(=O)c3ccccc3I)cc2s1. The van der Waals surface area contributed by atoms with E-state index in [9.17, 15) is 4.79 Å². The third-order valence-electron chi connectivity index (χ3n) is 2.87. The maximum absolute atomic E-state index is 12.2. The van der Waals surface area contributed by atoms with Crippen molar-refractivity contribution >= 4 is 55.7 Å². The zero-order valence-electron chi connectivity index (χ0n) is 10.7. The minimum Gasteiger partial charge on any atom is -0.322 e. The zero-order valence-corrected chi connectivity index (χ0v) is 13.7. The highest BCUT2D eigenvalue weighted by Crippen LogP contribution is 2.25. The van der Waals surface area contributed by atoms with Crippen molar-refractivity contribution in [2.75, 3.05) is 5.32 Å². The lowest BCUT2D eigenvalue weighted by Crippen LogP contribution is -2.13. The van der Waals surface area contributed by atoms with Crippen molar-refractivity contribution in [1.82, 2.24) is 4.98 Å². The lowest BCUT2D eigenvalue weighted by Gasteiger charge is -2.06. The molecule has 0 unspecified atom stereocenters. The lowest BCUT2D eigenvalue weighted by molar-refractivity contribution is 0.102. The van der Waals surface area contributed by atoms with E-state index in [1.165, 1.54) is 0 Å². The number of thiazole rings is 1. The zero-order chi connectivity index (χ0) is 14.1. The number of anilines is 1. The third kappa shape index (κ3) is 2.69. The fourth-order valence-corrected chi connectivity index (χ4v) is 3.46. The molecule has 0 atom stereocenters. The first kappa shape index (κ1) is 13.5. The smallest absolute Gasteiger partial charge is 0.256 e. The van der Waals surface area contributed by atoms with Gasteiger partial charge in [0, 0.05) is 9.26 Å². The summed E-state index contributed by atoms with van der Waals surface area (Å²) in [7, 11) is 0. The maximum Gasteiger partial charge on any atom is 0.256 e. The van der Waals surface area contributed by atoms with Crippen molar-refractivity contribution in [3.63, 3.8) is 0 Å². The van der Waals surface area contributed by atoms with E-state index in [-0.39, 0.29) is 5.91 Å². The van der Waals surface area contributed by atoms with Gasteiger partial charge in [-0.3, -0.25) is 4.79 Å². The van der Waals surface area contributed by atoms with E-state index in [0.717, 1.165) is 24.5 Å². The van der Waals surface area contributed by atoms with Crippen LogP contribution >= 0.6 is 33.9 Å². The van der Waals surface area contributed by atoms with Crippen LogP contribution in [0.15, 0.2) is 42.5 Å². The van der Waals surface area contributed by atoms with Gasteiger partial charge >= 0.3 is 0 Å². The fraction of sp³-hybridized carbons (Fsp3) is 0.0667.